The lowest BCUT2D eigenvalue weighted by atomic mass is 10.0. The van der Waals surface area contributed by atoms with Crippen molar-refractivity contribution in [2.75, 3.05) is 0 Å². The highest BCUT2D eigenvalue weighted by molar-refractivity contribution is 6.08. The molecule has 0 radical (unpaired) electrons. The third kappa shape index (κ3) is 9.67. The van der Waals surface area contributed by atoms with Gasteiger partial charge in [0.25, 0.3) is 5.91 Å². The van der Waals surface area contributed by atoms with Gasteiger partial charge in [0.15, 0.2) is 11.8 Å². The van der Waals surface area contributed by atoms with Crippen molar-refractivity contribution < 1.29 is 19.1 Å². The smallest absolute Gasteiger partial charge is 0.336 e. The Morgan fingerprint density at radius 1 is 0.893 bits per heavy atom. The summed E-state index contributed by atoms with van der Waals surface area (Å²) in [6.45, 7) is 5.64. The lowest BCUT2D eigenvalue weighted by Crippen LogP contribution is -2.48. The number of nitrogens with one attached hydrogen (secondary N) is 1. The molecule has 0 fully saturated rings. The number of carbonyl (C=O) groups is 3. The fourth-order valence-electron chi connectivity index (χ4n) is 2.95. The summed E-state index contributed by atoms with van der Waals surface area (Å²) in [5, 5.41) is 2.55. The maximum Gasteiger partial charge on any atom is 0.336 e. The Hall–Kier alpha value is -2.17. The van der Waals surface area contributed by atoms with Gasteiger partial charge in [-0.05, 0) is 32.4 Å². The number of hydrogen-bond acceptors (Lipinski definition) is 4. The Morgan fingerprint density at radius 2 is 1.46 bits per heavy atom. The van der Waals surface area contributed by atoms with Crippen LogP contribution in [0, 0.1) is 0 Å². The molecule has 5 nitrogen and oxygen atoms in total. The van der Waals surface area contributed by atoms with Gasteiger partial charge >= 0.3 is 5.97 Å². The quantitative estimate of drug-likeness (QED) is 0.281. The number of ether oxygens (including phenoxy) is 1. The van der Waals surface area contributed by atoms with Crippen LogP contribution in [-0.4, -0.2) is 29.8 Å². The van der Waals surface area contributed by atoms with Gasteiger partial charge in [-0.15, -0.1) is 0 Å². The summed E-state index contributed by atoms with van der Waals surface area (Å²) in [7, 11) is 0. The molecule has 0 spiro atoms. The van der Waals surface area contributed by atoms with E-state index in [-0.39, 0.29) is 18.3 Å². The summed E-state index contributed by atoms with van der Waals surface area (Å²) >= 11 is 0. The topological polar surface area (TPSA) is 72.5 Å². The van der Waals surface area contributed by atoms with Crippen molar-refractivity contribution in [1.82, 2.24) is 5.32 Å². The van der Waals surface area contributed by atoms with E-state index in [1.807, 2.05) is 0 Å². The first-order valence-corrected chi connectivity index (χ1v) is 10.5. The minimum atomic E-state index is -1.25. The van der Waals surface area contributed by atoms with Crippen LogP contribution >= 0.6 is 0 Å². The van der Waals surface area contributed by atoms with Gasteiger partial charge in [-0.3, -0.25) is 9.59 Å². The number of hydrogen-bond donors (Lipinski definition) is 1. The molecule has 0 heterocycles. The van der Waals surface area contributed by atoms with Crippen LogP contribution in [0.25, 0.3) is 0 Å². The van der Waals surface area contributed by atoms with Crippen LogP contribution in [0.5, 0.6) is 0 Å². The Balaban J connectivity index is 2.53. The molecule has 1 amide bonds. The molecule has 0 aromatic heterocycles. The molecule has 0 aliphatic rings. The first-order chi connectivity index (χ1) is 13.5. The second kappa shape index (κ2) is 13.9. The number of benzene rings is 1. The Labute approximate surface area is 169 Å². The predicted octanol–water partition coefficient (Wildman–Crippen LogP) is 4.84. The molecule has 1 N–H and O–H groups in total. The van der Waals surface area contributed by atoms with Crippen LogP contribution in [0.2, 0.25) is 0 Å². The van der Waals surface area contributed by atoms with Gasteiger partial charge < -0.3 is 10.1 Å². The maximum absolute atomic E-state index is 12.6. The Kier molecular flexibility index (Phi) is 11.9. The summed E-state index contributed by atoms with van der Waals surface area (Å²) in [6.07, 6.45) is 8.88. The minimum Gasteiger partial charge on any atom is -0.461 e. The van der Waals surface area contributed by atoms with Crippen molar-refractivity contribution >= 4 is 17.7 Å². The second-order valence-electron chi connectivity index (χ2n) is 7.45. The van der Waals surface area contributed by atoms with Crippen molar-refractivity contribution in [2.45, 2.75) is 90.7 Å². The molecule has 1 rings (SSSR count). The van der Waals surface area contributed by atoms with E-state index in [0.29, 0.717) is 5.56 Å². The third-order valence-electron chi connectivity index (χ3n) is 4.50. The zero-order valence-electron chi connectivity index (χ0n) is 17.5. The summed E-state index contributed by atoms with van der Waals surface area (Å²) in [4.78, 5) is 37.3. The highest BCUT2D eigenvalue weighted by Crippen LogP contribution is 2.11. The molecule has 1 aromatic rings. The predicted molar refractivity (Wildman–Crippen MR) is 111 cm³/mol. The molecule has 0 bridgehead atoms. The van der Waals surface area contributed by atoms with Gasteiger partial charge in [0.05, 0.1) is 6.10 Å². The number of carbonyl (C=O) groups excluding carboxylic acids is 3. The molecule has 156 valence electrons. The van der Waals surface area contributed by atoms with E-state index in [2.05, 4.69) is 12.2 Å². The van der Waals surface area contributed by atoms with Gasteiger partial charge in [0.2, 0.25) is 0 Å². The molecule has 1 atom stereocenters. The highest BCUT2D eigenvalue weighted by atomic mass is 16.5. The normalized spacial score (nSPS) is 11.9. The lowest BCUT2D eigenvalue weighted by molar-refractivity contribution is -0.152. The molecule has 1 unspecified atom stereocenters. The first kappa shape index (κ1) is 23.9. The largest absolute Gasteiger partial charge is 0.461 e. The van der Waals surface area contributed by atoms with Gasteiger partial charge in [0.1, 0.15) is 0 Å². The van der Waals surface area contributed by atoms with Crippen molar-refractivity contribution in [3.05, 3.63) is 35.9 Å². The minimum absolute atomic E-state index is 0.266. The number of Topliss-reactive ketones (excluding diaryl/α,β-unsaturated/α-hetero) is 1. The van der Waals surface area contributed by atoms with Crippen LogP contribution in [-0.2, 0) is 14.3 Å². The Morgan fingerprint density at radius 3 is 2.04 bits per heavy atom. The molecule has 5 heteroatoms. The lowest BCUT2D eigenvalue weighted by Gasteiger charge is -2.18. The van der Waals surface area contributed by atoms with Crippen LogP contribution in [0.4, 0.5) is 0 Å². The fourth-order valence-corrected chi connectivity index (χ4v) is 2.95. The highest BCUT2D eigenvalue weighted by Gasteiger charge is 2.30. The zero-order valence-corrected chi connectivity index (χ0v) is 17.5. The van der Waals surface area contributed by atoms with E-state index in [1.165, 1.54) is 32.1 Å². The van der Waals surface area contributed by atoms with E-state index in [0.717, 1.165) is 19.3 Å². The molecule has 1 aromatic carbocycles. The average molecular weight is 390 g/mol. The van der Waals surface area contributed by atoms with Crippen LogP contribution in [0.15, 0.2) is 30.3 Å². The van der Waals surface area contributed by atoms with Crippen molar-refractivity contribution in [3.63, 3.8) is 0 Å². The molecular weight excluding hydrogens is 354 g/mol. The van der Waals surface area contributed by atoms with E-state index in [1.54, 1.807) is 44.2 Å². The Bertz CT molecular complexity index is 598. The van der Waals surface area contributed by atoms with Crippen LogP contribution in [0.3, 0.4) is 0 Å². The number of amides is 1. The SMILES string of the molecule is CCCCCCCCCCC(=O)C(NC(=O)c1ccccc1)C(=O)OC(C)C. The monoisotopic (exact) mass is 389 g/mol. The average Bonchev–Trinajstić information content (AvgIpc) is 2.67. The number of unbranched alkanes of at least 4 members (excludes halogenated alkanes) is 7. The van der Waals surface area contributed by atoms with E-state index < -0.39 is 17.9 Å². The number of esters is 1. The zero-order chi connectivity index (χ0) is 20.8. The summed E-state index contributed by atoms with van der Waals surface area (Å²) in [6, 6.07) is 7.30. The van der Waals surface area contributed by atoms with Crippen LogP contribution < -0.4 is 5.32 Å². The molecular formula is C23H35NO4. The molecule has 0 aliphatic heterocycles. The molecule has 28 heavy (non-hydrogen) atoms. The van der Waals surface area contributed by atoms with Crippen molar-refractivity contribution in [2.24, 2.45) is 0 Å². The summed E-state index contributed by atoms with van der Waals surface area (Å²) in [5.74, 6) is -1.43. The van der Waals surface area contributed by atoms with Gasteiger partial charge in [-0.25, -0.2) is 4.79 Å². The second-order valence-corrected chi connectivity index (χ2v) is 7.45. The fraction of sp³-hybridized carbons (Fsp3) is 0.609. The maximum atomic E-state index is 12.6. The summed E-state index contributed by atoms with van der Waals surface area (Å²) < 4.78 is 5.18. The van der Waals surface area contributed by atoms with E-state index in [4.69, 9.17) is 4.74 Å². The van der Waals surface area contributed by atoms with Gasteiger partial charge in [-0.1, -0.05) is 70.1 Å². The molecule has 0 saturated carbocycles. The number of rotatable bonds is 14. The molecule has 0 saturated heterocycles. The first-order valence-electron chi connectivity index (χ1n) is 10.5. The standard InChI is InChI=1S/C23H35NO4/c1-4-5-6-7-8-9-10-14-17-20(25)21(23(27)28-18(2)3)24-22(26)19-15-12-11-13-16-19/h11-13,15-16,18,21H,4-10,14,17H2,1-3H3,(H,24,26). The van der Waals surface area contributed by atoms with Crippen LogP contribution in [0.1, 0.15) is 88.9 Å². The van der Waals surface area contributed by atoms with Crippen molar-refractivity contribution in [3.8, 4) is 0 Å². The summed E-state index contributed by atoms with van der Waals surface area (Å²) in [5.41, 5.74) is 0.407. The van der Waals surface area contributed by atoms with E-state index in [9.17, 15) is 14.4 Å². The third-order valence-corrected chi connectivity index (χ3v) is 4.50. The van der Waals surface area contributed by atoms with Gasteiger partial charge in [-0.2, -0.15) is 0 Å². The molecule has 0 aliphatic carbocycles. The van der Waals surface area contributed by atoms with Gasteiger partial charge in [0, 0.05) is 12.0 Å². The van der Waals surface area contributed by atoms with Crippen molar-refractivity contribution in [1.29, 1.82) is 0 Å². The van der Waals surface area contributed by atoms with E-state index >= 15 is 0 Å². The number of ketones is 1.